The highest BCUT2D eigenvalue weighted by Crippen LogP contribution is 2.14. The van der Waals surface area contributed by atoms with Gasteiger partial charge in [-0.3, -0.25) is 4.79 Å². The molecule has 0 aromatic rings. The average molecular weight is 186 g/mol. The lowest BCUT2D eigenvalue weighted by molar-refractivity contribution is -0.151. The van der Waals surface area contributed by atoms with Crippen LogP contribution in [0.25, 0.3) is 0 Å². The van der Waals surface area contributed by atoms with Crippen molar-refractivity contribution >= 4 is 5.97 Å². The number of hydrogen-bond acceptors (Lipinski definition) is 3. The lowest BCUT2D eigenvalue weighted by atomic mass is 9.97. The summed E-state index contributed by atoms with van der Waals surface area (Å²) in [5.74, 6) is -0.792. The highest BCUT2D eigenvalue weighted by molar-refractivity contribution is 5.73. The van der Waals surface area contributed by atoms with Gasteiger partial charge in [-0.1, -0.05) is 19.4 Å². The van der Waals surface area contributed by atoms with Crippen molar-refractivity contribution in [3.05, 3.63) is 12.7 Å². The predicted octanol–water partition coefficient (Wildman–Crippen LogP) is 1.51. The molecule has 3 nitrogen and oxygen atoms in total. The molecule has 0 aliphatic rings. The summed E-state index contributed by atoms with van der Waals surface area (Å²) in [7, 11) is 0. The van der Waals surface area contributed by atoms with Gasteiger partial charge in [0, 0.05) is 0 Å². The lowest BCUT2D eigenvalue weighted by Gasteiger charge is -2.17. The second kappa shape index (κ2) is 6.66. The van der Waals surface area contributed by atoms with Gasteiger partial charge in [-0.15, -0.1) is 6.58 Å². The molecule has 0 fully saturated rings. The number of aliphatic hydroxyl groups is 1. The van der Waals surface area contributed by atoms with Gasteiger partial charge in [-0.25, -0.2) is 0 Å². The third kappa shape index (κ3) is 4.08. The van der Waals surface area contributed by atoms with Gasteiger partial charge in [0.15, 0.2) is 0 Å². The van der Waals surface area contributed by atoms with E-state index in [1.165, 1.54) is 6.08 Å². The smallest absolute Gasteiger partial charge is 0.311 e. The van der Waals surface area contributed by atoms with Crippen LogP contribution in [0.5, 0.6) is 0 Å². The molecule has 13 heavy (non-hydrogen) atoms. The summed E-state index contributed by atoms with van der Waals surface area (Å²) in [6.45, 7) is 7.51. The Hall–Kier alpha value is -0.830. The van der Waals surface area contributed by atoms with Crippen LogP contribution in [0, 0.1) is 5.92 Å². The zero-order valence-corrected chi connectivity index (χ0v) is 8.32. The van der Waals surface area contributed by atoms with Crippen LogP contribution in [0.1, 0.15) is 26.7 Å². The number of hydrogen-bond donors (Lipinski definition) is 1. The van der Waals surface area contributed by atoms with Crippen LogP contribution in [0.15, 0.2) is 12.7 Å². The second-order valence-electron chi connectivity index (χ2n) is 2.87. The largest absolute Gasteiger partial charge is 0.466 e. The Kier molecular flexibility index (Phi) is 6.24. The molecule has 0 aromatic heterocycles. The Morgan fingerprint density at radius 2 is 2.23 bits per heavy atom. The molecule has 0 unspecified atom stereocenters. The average Bonchev–Trinajstić information content (AvgIpc) is 2.13. The SMILES string of the molecule is C=C[C@H](O)[C@H](CCC)C(=O)OCC. The molecule has 0 aromatic carbocycles. The number of rotatable bonds is 6. The molecule has 2 atom stereocenters. The minimum absolute atomic E-state index is 0.336. The van der Waals surface area contributed by atoms with Crippen LogP contribution in [0.2, 0.25) is 0 Å². The number of ether oxygens (including phenoxy) is 1. The molecule has 3 heteroatoms. The van der Waals surface area contributed by atoms with E-state index in [2.05, 4.69) is 6.58 Å². The Bertz CT molecular complexity index is 166. The molecule has 0 aliphatic carbocycles. The van der Waals surface area contributed by atoms with E-state index in [9.17, 15) is 9.90 Å². The van der Waals surface area contributed by atoms with E-state index in [0.29, 0.717) is 13.0 Å². The third-order valence-electron chi connectivity index (χ3n) is 1.84. The molecule has 0 rings (SSSR count). The van der Waals surface area contributed by atoms with E-state index in [1.807, 2.05) is 6.92 Å². The molecule has 0 heterocycles. The first kappa shape index (κ1) is 12.2. The monoisotopic (exact) mass is 186 g/mol. The van der Waals surface area contributed by atoms with Crippen LogP contribution in [0.4, 0.5) is 0 Å². The van der Waals surface area contributed by atoms with E-state index >= 15 is 0 Å². The standard InChI is InChI=1S/C10H18O3/c1-4-7-8(9(11)5-2)10(12)13-6-3/h5,8-9,11H,2,4,6-7H2,1,3H3/t8-,9-/m0/s1. The molecule has 0 saturated carbocycles. The van der Waals surface area contributed by atoms with Crippen molar-refractivity contribution in [1.29, 1.82) is 0 Å². The van der Waals surface area contributed by atoms with Crippen LogP contribution in [-0.4, -0.2) is 23.8 Å². The van der Waals surface area contributed by atoms with E-state index in [0.717, 1.165) is 6.42 Å². The topological polar surface area (TPSA) is 46.5 Å². The molecular formula is C10H18O3. The van der Waals surface area contributed by atoms with Gasteiger partial charge in [0.1, 0.15) is 0 Å². The fourth-order valence-electron chi connectivity index (χ4n) is 1.15. The molecule has 0 aliphatic heterocycles. The van der Waals surface area contributed by atoms with Crippen molar-refractivity contribution in [3.8, 4) is 0 Å². The molecule has 0 bridgehead atoms. The van der Waals surface area contributed by atoms with Gasteiger partial charge in [0.05, 0.1) is 18.6 Å². The van der Waals surface area contributed by atoms with Crippen LogP contribution < -0.4 is 0 Å². The Morgan fingerprint density at radius 3 is 2.62 bits per heavy atom. The first-order valence-electron chi connectivity index (χ1n) is 4.64. The van der Waals surface area contributed by atoms with Gasteiger partial charge < -0.3 is 9.84 Å². The van der Waals surface area contributed by atoms with E-state index < -0.39 is 12.0 Å². The molecule has 0 spiro atoms. The number of carbonyl (C=O) groups is 1. The van der Waals surface area contributed by atoms with Crippen LogP contribution >= 0.6 is 0 Å². The van der Waals surface area contributed by atoms with Crippen LogP contribution in [0.3, 0.4) is 0 Å². The maximum Gasteiger partial charge on any atom is 0.311 e. The van der Waals surface area contributed by atoms with Crippen molar-refractivity contribution in [2.75, 3.05) is 6.61 Å². The molecule has 76 valence electrons. The number of carbonyl (C=O) groups excluding carboxylic acids is 1. The predicted molar refractivity (Wildman–Crippen MR) is 51.2 cm³/mol. The summed E-state index contributed by atoms with van der Waals surface area (Å²) in [6, 6.07) is 0. The second-order valence-corrected chi connectivity index (χ2v) is 2.87. The number of aliphatic hydroxyl groups excluding tert-OH is 1. The van der Waals surface area contributed by atoms with Crippen molar-refractivity contribution < 1.29 is 14.6 Å². The van der Waals surface area contributed by atoms with Crippen molar-refractivity contribution in [2.45, 2.75) is 32.8 Å². The van der Waals surface area contributed by atoms with Crippen molar-refractivity contribution in [3.63, 3.8) is 0 Å². The number of esters is 1. The third-order valence-corrected chi connectivity index (χ3v) is 1.84. The van der Waals surface area contributed by atoms with E-state index in [-0.39, 0.29) is 5.97 Å². The minimum Gasteiger partial charge on any atom is -0.466 e. The fraction of sp³-hybridized carbons (Fsp3) is 0.700. The summed E-state index contributed by atoms with van der Waals surface area (Å²) in [5, 5.41) is 9.43. The van der Waals surface area contributed by atoms with Gasteiger partial charge in [-0.05, 0) is 13.3 Å². The van der Waals surface area contributed by atoms with Crippen molar-refractivity contribution in [2.24, 2.45) is 5.92 Å². The normalized spacial score (nSPS) is 14.7. The lowest BCUT2D eigenvalue weighted by Crippen LogP contribution is -2.28. The van der Waals surface area contributed by atoms with Crippen molar-refractivity contribution in [1.82, 2.24) is 0 Å². The summed E-state index contributed by atoms with van der Waals surface area (Å²) in [4.78, 5) is 11.3. The highest BCUT2D eigenvalue weighted by atomic mass is 16.5. The zero-order valence-electron chi connectivity index (χ0n) is 8.32. The van der Waals surface area contributed by atoms with Gasteiger partial charge >= 0.3 is 5.97 Å². The van der Waals surface area contributed by atoms with Gasteiger partial charge in [-0.2, -0.15) is 0 Å². The minimum atomic E-state index is -0.793. The molecule has 0 saturated heterocycles. The Morgan fingerprint density at radius 1 is 1.62 bits per heavy atom. The summed E-state index contributed by atoms with van der Waals surface area (Å²) in [6.07, 6.45) is 2.05. The molecule has 0 radical (unpaired) electrons. The summed E-state index contributed by atoms with van der Waals surface area (Å²) < 4.78 is 4.83. The molecule has 0 amide bonds. The Labute approximate surface area is 79.4 Å². The maximum atomic E-state index is 11.3. The van der Waals surface area contributed by atoms with E-state index in [1.54, 1.807) is 6.92 Å². The summed E-state index contributed by atoms with van der Waals surface area (Å²) >= 11 is 0. The molecular weight excluding hydrogens is 168 g/mol. The zero-order chi connectivity index (χ0) is 10.3. The highest BCUT2D eigenvalue weighted by Gasteiger charge is 2.24. The quantitative estimate of drug-likeness (QED) is 0.505. The molecule has 1 N–H and O–H groups in total. The summed E-state index contributed by atoms with van der Waals surface area (Å²) in [5.41, 5.74) is 0. The fourth-order valence-corrected chi connectivity index (χ4v) is 1.15. The van der Waals surface area contributed by atoms with E-state index in [4.69, 9.17) is 4.74 Å². The first-order chi connectivity index (χ1) is 6.17. The van der Waals surface area contributed by atoms with Crippen LogP contribution in [-0.2, 0) is 9.53 Å². The maximum absolute atomic E-state index is 11.3. The van der Waals surface area contributed by atoms with Gasteiger partial charge in [0.2, 0.25) is 0 Å². The first-order valence-corrected chi connectivity index (χ1v) is 4.64. The Balaban J connectivity index is 4.21. The van der Waals surface area contributed by atoms with Gasteiger partial charge in [0.25, 0.3) is 0 Å².